The first-order chi connectivity index (χ1) is 14.7. The second-order valence-corrected chi connectivity index (χ2v) is 7.16. The van der Waals surface area contributed by atoms with Crippen molar-refractivity contribution in [1.29, 1.82) is 0 Å². The van der Waals surface area contributed by atoms with Gasteiger partial charge in [-0.1, -0.05) is 30.3 Å². The van der Waals surface area contributed by atoms with Crippen LogP contribution >= 0.6 is 0 Å². The summed E-state index contributed by atoms with van der Waals surface area (Å²) in [7, 11) is 0. The number of amides is 2. The van der Waals surface area contributed by atoms with E-state index in [1.165, 1.54) is 0 Å². The number of fused-ring (bicyclic) bond motifs is 3. The van der Waals surface area contributed by atoms with Gasteiger partial charge in [0.1, 0.15) is 5.75 Å². The van der Waals surface area contributed by atoms with Crippen molar-refractivity contribution < 1.29 is 14.3 Å². The number of nitrogens with one attached hydrogen (secondary N) is 1. The molecule has 0 fully saturated rings. The Balaban J connectivity index is 1.36. The highest BCUT2D eigenvalue weighted by molar-refractivity contribution is 5.97. The monoisotopic (exact) mass is 403 g/mol. The number of anilines is 1. The third-order valence-electron chi connectivity index (χ3n) is 5.20. The number of nitrogens with zero attached hydrogens (tertiary/aromatic N) is 2. The molecule has 1 aliphatic heterocycles. The van der Waals surface area contributed by atoms with Crippen molar-refractivity contribution in [2.24, 2.45) is 0 Å². The van der Waals surface area contributed by atoms with Crippen molar-refractivity contribution >= 4 is 17.5 Å². The van der Waals surface area contributed by atoms with Crippen molar-refractivity contribution in [3.8, 4) is 11.4 Å². The molecule has 0 radical (unpaired) electrons. The van der Waals surface area contributed by atoms with Crippen LogP contribution in [0.1, 0.15) is 31.0 Å². The quantitative estimate of drug-likeness (QED) is 0.652. The Morgan fingerprint density at radius 2 is 1.73 bits per heavy atom. The SMILES string of the molecule is CCOc1ccccc1CNC(=O)CCC(=O)N1Cc2cccn2-c2ccccc21. The minimum Gasteiger partial charge on any atom is -0.494 e. The number of benzene rings is 2. The van der Waals surface area contributed by atoms with Gasteiger partial charge in [-0.25, -0.2) is 0 Å². The molecular weight excluding hydrogens is 378 g/mol. The summed E-state index contributed by atoms with van der Waals surface area (Å²) in [4.78, 5) is 27.0. The molecule has 2 aromatic carbocycles. The lowest BCUT2D eigenvalue weighted by atomic mass is 10.1. The van der Waals surface area contributed by atoms with E-state index in [4.69, 9.17) is 4.74 Å². The molecule has 6 nitrogen and oxygen atoms in total. The molecule has 4 rings (SSSR count). The minimum atomic E-state index is -0.150. The third kappa shape index (κ3) is 4.08. The summed E-state index contributed by atoms with van der Waals surface area (Å²) in [5.74, 6) is 0.562. The van der Waals surface area contributed by atoms with E-state index in [0.717, 1.165) is 28.4 Å². The van der Waals surface area contributed by atoms with Crippen LogP contribution in [0.25, 0.3) is 5.69 Å². The number of hydrogen-bond donors (Lipinski definition) is 1. The maximum atomic E-state index is 12.9. The number of carbonyl (C=O) groups excluding carboxylic acids is 2. The van der Waals surface area contributed by atoms with Gasteiger partial charge in [0.05, 0.1) is 24.5 Å². The van der Waals surface area contributed by atoms with E-state index in [1.807, 2.05) is 73.8 Å². The molecule has 0 saturated heterocycles. The number of para-hydroxylation sites is 3. The lowest BCUT2D eigenvalue weighted by molar-refractivity contribution is -0.125. The zero-order valence-electron chi connectivity index (χ0n) is 17.0. The van der Waals surface area contributed by atoms with Crippen molar-refractivity contribution in [2.45, 2.75) is 32.9 Å². The van der Waals surface area contributed by atoms with Crippen LogP contribution in [-0.4, -0.2) is 23.0 Å². The topological polar surface area (TPSA) is 63.6 Å². The van der Waals surface area contributed by atoms with E-state index in [-0.39, 0.29) is 24.7 Å². The summed E-state index contributed by atoms with van der Waals surface area (Å²) in [5, 5.41) is 2.89. The van der Waals surface area contributed by atoms with E-state index in [1.54, 1.807) is 4.90 Å². The van der Waals surface area contributed by atoms with Gasteiger partial charge < -0.3 is 19.5 Å². The van der Waals surface area contributed by atoms with Crippen LogP contribution in [0.15, 0.2) is 66.9 Å². The first-order valence-corrected chi connectivity index (χ1v) is 10.2. The molecule has 6 heteroatoms. The van der Waals surface area contributed by atoms with Gasteiger partial charge in [-0.2, -0.15) is 0 Å². The summed E-state index contributed by atoms with van der Waals surface area (Å²) in [6, 6.07) is 19.5. The van der Waals surface area contributed by atoms with Crippen LogP contribution in [-0.2, 0) is 22.7 Å². The molecule has 3 aromatic rings. The average Bonchev–Trinajstić information content (AvgIpc) is 3.25. The van der Waals surface area contributed by atoms with Gasteiger partial charge in [0.25, 0.3) is 0 Å². The highest BCUT2D eigenvalue weighted by atomic mass is 16.5. The van der Waals surface area contributed by atoms with Crippen molar-refractivity contribution in [3.05, 3.63) is 78.1 Å². The molecule has 0 bridgehead atoms. The zero-order chi connectivity index (χ0) is 20.9. The molecule has 0 spiro atoms. The summed E-state index contributed by atoms with van der Waals surface area (Å²) in [6.45, 7) is 3.38. The van der Waals surface area contributed by atoms with Crippen LogP contribution in [0.4, 0.5) is 5.69 Å². The fraction of sp³-hybridized carbons (Fsp3) is 0.250. The number of carbonyl (C=O) groups is 2. The van der Waals surface area contributed by atoms with E-state index in [0.29, 0.717) is 19.7 Å². The lowest BCUT2D eigenvalue weighted by Crippen LogP contribution is -2.35. The Morgan fingerprint density at radius 3 is 2.57 bits per heavy atom. The second-order valence-electron chi connectivity index (χ2n) is 7.16. The molecule has 0 atom stereocenters. The van der Waals surface area contributed by atoms with Crippen LogP contribution in [0.3, 0.4) is 0 Å². The van der Waals surface area contributed by atoms with Crippen molar-refractivity contribution in [2.75, 3.05) is 11.5 Å². The number of ether oxygens (including phenoxy) is 1. The molecule has 0 saturated carbocycles. The van der Waals surface area contributed by atoms with Crippen molar-refractivity contribution in [1.82, 2.24) is 9.88 Å². The van der Waals surface area contributed by atoms with Gasteiger partial charge >= 0.3 is 0 Å². The van der Waals surface area contributed by atoms with E-state index >= 15 is 0 Å². The molecule has 2 amide bonds. The standard InChI is InChI=1S/C24H25N3O3/c1-2-30-22-12-6-3-8-18(22)16-25-23(28)13-14-24(29)27-17-19-9-7-15-26(19)20-10-4-5-11-21(20)27/h3-12,15H,2,13-14,16-17H2,1H3,(H,25,28). The maximum Gasteiger partial charge on any atom is 0.227 e. The van der Waals surface area contributed by atoms with Gasteiger partial charge in [-0.05, 0) is 37.3 Å². The molecule has 1 N–H and O–H groups in total. The van der Waals surface area contributed by atoms with Gasteiger partial charge in [0.2, 0.25) is 11.8 Å². The normalized spacial score (nSPS) is 12.1. The molecule has 1 aliphatic rings. The van der Waals surface area contributed by atoms with E-state index < -0.39 is 0 Å². The van der Waals surface area contributed by atoms with Crippen LogP contribution in [0.5, 0.6) is 5.75 Å². The van der Waals surface area contributed by atoms with Gasteiger partial charge in [-0.3, -0.25) is 9.59 Å². The predicted molar refractivity (Wildman–Crippen MR) is 116 cm³/mol. The van der Waals surface area contributed by atoms with E-state index in [2.05, 4.69) is 9.88 Å². The van der Waals surface area contributed by atoms with E-state index in [9.17, 15) is 9.59 Å². The first-order valence-electron chi connectivity index (χ1n) is 10.2. The van der Waals surface area contributed by atoms with Crippen LogP contribution in [0, 0.1) is 0 Å². The van der Waals surface area contributed by atoms with Crippen molar-refractivity contribution in [3.63, 3.8) is 0 Å². The number of aromatic nitrogens is 1. The molecular formula is C24H25N3O3. The summed E-state index contributed by atoms with van der Waals surface area (Å²) >= 11 is 0. The molecule has 0 unspecified atom stereocenters. The molecule has 1 aromatic heterocycles. The Hall–Kier alpha value is -3.54. The fourth-order valence-corrected chi connectivity index (χ4v) is 3.73. The average molecular weight is 403 g/mol. The molecule has 30 heavy (non-hydrogen) atoms. The van der Waals surface area contributed by atoms with Gasteiger partial charge in [-0.15, -0.1) is 0 Å². The summed E-state index contributed by atoms with van der Waals surface area (Å²) < 4.78 is 7.69. The molecule has 0 aliphatic carbocycles. The largest absolute Gasteiger partial charge is 0.494 e. The minimum absolute atomic E-state index is 0.0558. The Kier molecular flexibility index (Phi) is 5.84. The highest BCUT2D eigenvalue weighted by Crippen LogP contribution is 2.32. The molecule has 154 valence electrons. The Morgan fingerprint density at radius 1 is 0.967 bits per heavy atom. The third-order valence-corrected chi connectivity index (χ3v) is 5.20. The lowest BCUT2D eigenvalue weighted by Gasteiger charge is -2.31. The van der Waals surface area contributed by atoms with Gasteiger partial charge in [0.15, 0.2) is 0 Å². The highest BCUT2D eigenvalue weighted by Gasteiger charge is 2.25. The summed E-state index contributed by atoms with van der Waals surface area (Å²) in [5.41, 5.74) is 3.83. The number of rotatable bonds is 7. The summed E-state index contributed by atoms with van der Waals surface area (Å²) in [6.07, 6.45) is 2.31. The molecule has 2 heterocycles. The van der Waals surface area contributed by atoms with Crippen LogP contribution < -0.4 is 15.0 Å². The number of hydrogen-bond acceptors (Lipinski definition) is 3. The predicted octanol–water partition coefficient (Wildman–Crippen LogP) is 3.82. The Labute approximate surface area is 176 Å². The Bertz CT molecular complexity index is 1060. The zero-order valence-corrected chi connectivity index (χ0v) is 17.0. The first kappa shape index (κ1) is 19.8. The van der Waals surface area contributed by atoms with Crippen LogP contribution in [0.2, 0.25) is 0 Å². The second kappa shape index (κ2) is 8.86. The van der Waals surface area contributed by atoms with Gasteiger partial charge in [0, 0.05) is 36.8 Å². The fourth-order valence-electron chi connectivity index (χ4n) is 3.73. The smallest absolute Gasteiger partial charge is 0.227 e. The maximum absolute atomic E-state index is 12.9.